The molecule has 0 aromatic heterocycles. The fraction of sp³-hybridized carbons (Fsp3) is 0.846. The highest BCUT2D eigenvalue weighted by Gasteiger charge is 2.41. The van der Waals surface area contributed by atoms with Crippen LogP contribution in [0.3, 0.4) is 0 Å². The van der Waals surface area contributed by atoms with Crippen molar-refractivity contribution in [3.8, 4) is 0 Å². The fourth-order valence-electron chi connectivity index (χ4n) is 2.36. The summed E-state index contributed by atoms with van der Waals surface area (Å²) in [6, 6.07) is -1.05. The van der Waals surface area contributed by atoms with E-state index < -0.39 is 24.2 Å². The summed E-state index contributed by atoms with van der Waals surface area (Å²) in [4.78, 5) is 25.4. The van der Waals surface area contributed by atoms with E-state index in [0.717, 1.165) is 6.42 Å². The van der Waals surface area contributed by atoms with Crippen molar-refractivity contribution in [1.29, 1.82) is 0 Å². The maximum atomic E-state index is 12.0. The second-order valence-corrected chi connectivity index (χ2v) is 4.94. The normalized spacial score (nSPS) is 24.4. The highest BCUT2D eigenvalue weighted by Crippen LogP contribution is 2.21. The summed E-state index contributed by atoms with van der Waals surface area (Å²) in [5.41, 5.74) is 0. The van der Waals surface area contributed by atoms with E-state index in [1.54, 1.807) is 18.9 Å². The zero-order chi connectivity index (χ0) is 15.1. The highest BCUT2D eigenvalue weighted by atomic mass is 16.5. The van der Waals surface area contributed by atoms with Crippen molar-refractivity contribution in [2.45, 2.75) is 38.0 Å². The first-order chi connectivity index (χ1) is 9.51. The van der Waals surface area contributed by atoms with Crippen LogP contribution in [0.25, 0.3) is 0 Å². The quantitative estimate of drug-likeness (QED) is 0.468. The molecule has 20 heavy (non-hydrogen) atoms. The topological polar surface area (TPSA) is 88.1 Å². The van der Waals surface area contributed by atoms with Gasteiger partial charge in [-0.3, -0.25) is 14.5 Å². The second kappa shape index (κ2) is 8.18. The molecule has 0 bridgehead atoms. The van der Waals surface area contributed by atoms with Crippen LogP contribution in [-0.2, 0) is 19.1 Å². The molecule has 1 amide bonds. The van der Waals surface area contributed by atoms with Gasteiger partial charge in [0.1, 0.15) is 6.04 Å². The smallest absolute Gasteiger partial charge is 0.323 e. The van der Waals surface area contributed by atoms with E-state index in [-0.39, 0.29) is 5.91 Å². The minimum atomic E-state index is -0.608. The van der Waals surface area contributed by atoms with Crippen molar-refractivity contribution >= 4 is 11.9 Å². The maximum Gasteiger partial charge on any atom is 0.323 e. The van der Waals surface area contributed by atoms with Gasteiger partial charge in [0.15, 0.2) is 0 Å². The Balaban J connectivity index is 2.53. The number of esters is 1. The van der Waals surface area contributed by atoms with Crippen molar-refractivity contribution < 1.29 is 24.2 Å². The molecule has 1 saturated heterocycles. The lowest BCUT2D eigenvalue weighted by Crippen LogP contribution is -2.50. The van der Waals surface area contributed by atoms with Crippen LogP contribution in [0.1, 0.15) is 19.8 Å². The standard InChI is InChI=1S/C13H24N2O5/c1-9(12(17)14-5-4-6-19-2)15-8-10(16)7-11(15)13(18)20-3/h9-11,16H,4-8H2,1-3H3,(H,14,17). The summed E-state index contributed by atoms with van der Waals surface area (Å²) in [6.45, 7) is 3.13. The highest BCUT2D eigenvalue weighted by molar-refractivity contribution is 5.83. The van der Waals surface area contributed by atoms with Gasteiger partial charge in [0.2, 0.25) is 5.91 Å². The van der Waals surface area contributed by atoms with Gasteiger partial charge < -0.3 is 19.9 Å². The lowest BCUT2D eigenvalue weighted by Gasteiger charge is -2.27. The van der Waals surface area contributed by atoms with Crippen molar-refractivity contribution in [3.05, 3.63) is 0 Å². The van der Waals surface area contributed by atoms with Crippen molar-refractivity contribution in [1.82, 2.24) is 10.2 Å². The molecule has 0 spiro atoms. The molecule has 1 heterocycles. The molecule has 2 N–H and O–H groups in total. The van der Waals surface area contributed by atoms with Crippen LogP contribution in [0, 0.1) is 0 Å². The number of carbonyl (C=O) groups is 2. The molecule has 7 nitrogen and oxygen atoms in total. The molecule has 0 aromatic carbocycles. The van der Waals surface area contributed by atoms with Crippen molar-refractivity contribution in [3.63, 3.8) is 0 Å². The number of hydrogen-bond donors (Lipinski definition) is 2. The van der Waals surface area contributed by atoms with E-state index in [0.29, 0.717) is 26.1 Å². The van der Waals surface area contributed by atoms with Crippen LogP contribution in [0.2, 0.25) is 0 Å². The number of ether oxygens (including phenoxy) is 2. The zero-order valence-corrected chi connectivity index (χ0v) is 12.3. The number of carbonyl (C=O) groups excluding carboxylic acids is 2. The number of nitrogens with one attached hydrogen (secondary N) is 1. The van der Waals surface area contributed by atoms with E-state index in [1.807, 2.05) is 0 Å². The minimum Gasteiger partial charge on any atom is -0.468 e. The maximum absolute atomic E-state index is 12.0. The Labute approximate surface area is 119 Å². The van der Waals surface area contributed by atoms with Gasteiger partial charge in [-0.25, -0.2) is 0 Å². The van der Waals surface area contributed by atoms with E-state index in [4.69, 9.17) is 9.47 Å². The van der Waals surface area contributed by atoms with Gasteiger partial charge in [-0.15, -0.1) is 0 Å². The summed E-state index contributed by atoms with van der Waals surface area (Å²) >= 11 is 0. The van der Waals surface area contributed by atoms with Crippen LogP contribution in [-0.4, -0.2) is 74.0 Å². The predicted molar refractivity (Wildman–Crippen MR) is 72.1 cm³/mol. The summed E-state index contributed by atoms with van der Waals surface area (Å²) < 4.78 is 9.62. The number of hydrogen-bond acceptors (Lipinski definition) is 6. The Morgan fingerprint density at radius 1 is 1.45 bits per heavy atom. The number of aliphatic hydroxyl groups excluding tert-OH is 1. The molecule has 0 saturated carbocycles. The van der Waals surface area contributed by atoms with Gasteiger partial charge >= 0.3 is 5.97 Å². The number of methoxy groups -OCH3 is 2. The Morgan fingerprint density at radius 2 is 2.15 bits per heavy atom. The third kappa shape index (κ3) is 4.43. The average molecular weight is 288 g/mol. The summed E-state index contributed by atoms with van der Waals surface area (Å²) in [7, 11) is 2.91. The summed E-state index contributed by atoms with van der Waals surface area (Å²) in [5.74, 6) is -0.579. The van der Waals surface area contributed by atoms with Crippen LogP contribution < -0.4 is 5.32 Å². The Morgan fingerprint density at radius 3 is 2.75 bits per heavy atom. The molecule has 0 radical (unpaired) electrons. The molecule has 116 valence electrons. The zero-order valence-electron chi connectivity index (χ0n) is 12.3. The van der Waals surface area contributed by atoms with E-state index in [1.165, 1.54) is 7.11 Å². The molecular weight excluding hydrogens is 264 g/mol. The average Bonchev–Trinajstić information content (AvgIpc) is 2.83. The first-order valence-corrected chi connectivity index (χ1v) is 6.79. The van der Waals surface area contributed by atoms with Gasteiger partial charge in [0.25, 0.3) is 0 Å². The molecule has 0 aliphatic carbocycles. The second-order valence-electron chi connectivity index (χ2n) is 4.94. The number of amides is 1. The SMILES string of the molecule is COCCCNC(=O)C(C)N1CC(O)CC1C(=O)OC. The van der Waals surface area contributed by atoms with E-state index in [2.05, 4.69) is 5.32 Å². The third-order valence-corrected chi connectivity index (χ3v) is 3.49. The van der Waals surface area contributed by atoms with Crippen molar-refractivity contribution in [2.75, 3.05) is 33.9 Å². The molecule has 3 atom stereocenters. The Hall–Kier alpha value is -1.18. The monoisotopic (exact) mass is 288 g/mol. The number of rotatable bonds is 7. The molecule has 0 aromatic rings. The largest absolute Gasteiger partial charge is 0.468 e. The number of β-amino-alcohol motifs (C(OH)–C–C–N with tert-alkyl or cyclic N) is 1. The molecule has 1 aliphatic rings. The summed E-state index contributed by atoms with van der Waals surface area (Å²) in [5, 5.41) is 12.5. The number of likely N-dealkylation sites (tertiary alicyclic amines) is 1. The Kier molecular flexibility index (Phi) is 6.90. The molecule has 1 fully saturated rings. The van der Waals surface area contributed by atoms with E-state index in [9.17, 15) is 14.7 Å². The van der Waals surface area contributed by atoms with Gasteiger partial charge in [-0.05, 0) is 13.3 Å². The minimum absolute atomic E-state index is 0.163. The summed E-state index contributed by atoms with van der Waals surface area (Å²) in [6.07, 6.45) is 0.425. The van der Waals surface area contributed by atoms with Gasteiger partial charge in [-0.1, -0.05) is 0 Å². The Bertz CT molecular complexity index is 337. The first-order valence-electron chi connectivity index (χ1n) is 6.79. The van der Waals surface area contributed by atoms with Crippen LogP contribution in [0.15, 0.2) is 0 Å². The molecule has 3 unspecified atom stereocenters. The van der Waals surface area contributed by atoms with Crippen LogP contribution in [0.4, 0.5) is 0 Å². The van der Waals surface area contributed by atoms with Gasteiger partial charge in [0, 0.05) is 33.2 Å². The molecule has 1 rings (SSSR count). The van der Waals surface area contributed by atoms with Crippen molar-refractivity contribution in [2.24, 2.45) is 0 Å². The molecule has 7 heteroatoms. The first kappa shape index (κ1) is 16.9. The van der Waals surface area contributed by atoms with Gasteiger partial charge in [-0.2, -0.15) is 0 Å². The van der Waals surface area contributed by atoms with E-state index >= 15 is 0 Å². The fourth-order valence-corrected chi connectivity index (χ4v) is 2.36. The van der Waals surface area contributed by atoms with Crippen LogP contribution >= 0.6 is 0 Å². The number of aliphatic hydroxyl groups is 1. The lowest BCUT2D eigenvalue weighted by molar-refractivity contribution is -0.147. The third-order valence-electron chi connectivity index (χ3n) is 3.49. The lowest BCUT2D eigenvalue weighted by atomic mass is 10.2. The predicted octanol–water partition coefficient (Wildman–Crippen LogP) is -0.864. The number of nitrogens with zero attached hydrogens (tertiary/aromatic N) is 1. The van der Waals surface area contributed by atoms with Gasteiger partial charge in [0.05, 0.1) is 19.3 Å². The molecular formula is C13H24N2O5. The van der Waals surface area contributed by atoms with Crippen LogP contribution in [0.5, 0.6) is 0 Å². The molecule has 1 aliphatic heterocycles.